The van der Waals surface area contributed by atoms with E-state index in [1.54, 1.807) is 23.4 Å². The number of hydrogen-bond acceptors (Lipinski definition) is 5. The van der Waals surface area contributed by atoms with Crippen LogP contribution in [0.2, 0.25) is 0 Å². The summed E-state index contributed by atoms with van der Waals surface area (Å²) in [7, 11) is 0. The predicted molar refractivity (Wildman–Crippen MR) is 77.1 cm³/mol. The van der Waals surface area contributed by atoms with Gasteiger partial charge in [0.15, 0.2) is 0 Å². The molecule has 1 aliphatic heterocycles. The Morgan fingerprint density at radius 3 is 3.09 bits per heavy atom. The first-order chi connectivity index (χ1) is 10.6. The van der Waals surface area contributed by atoms with E-state index < -0.39 is 5.69 Å². The van der Waals surface area contributed by atoms with Crippen molar-refractivity contribution in [1.82, 2.24) is 24.4 Å². The van der Waals surface area contributed by atoms with Crippen molar-refractivity contribution in [2.24, 2.45) is 0 Å². The first-order valence-corrected chi connectivity index (χ1v) is 7.06. The smallest absolute Gasteiger partial charge is 0.347 e. The molecule has 0 spiro atoms. The van der Waals surface area contributed by atoms with Gasteiger partial charge in [0.2, 0.25) is 5.91 Å². The number of nitrogens with one attached hydrogen (secondary N) is 1. The fourth-order valence-corrected chi connectivity index (χ4v) is 2.39. The van der Waals surface area contributed by atoms with Gasteiger partial charge in [-0.05, 0) is 13.0 Å². The molecule has 22 heavy (non-hydrogen) atoms. The zero-order valence-electron chi connectivity index (χ0n) is 12.2. The molecule has 0 radical (unpaired) electrons. The molecule has 1 atom stereocenters. The summed E-state index contributed by atoms with van der Waals surface area (Å²) in [5, 5.41) is 0. The van der Waals surface area contributed by atoms with Crippen LogP contribution in [0.5, 0.6) is 0 Å². The lowest BCUT2D eigenvalue weighted by atomic mass is 10.2. The van der Waals surface area contributed by atoms with E-state index in [-0.39, 0.29) is 18.6 Å². The second kappa shape index (κ2) is 6.10. The first-order valence-electron chi connectivity index (χ1n) is 7.06. The third-order valence-corrected chi connectivity index (χ3v) is 3.54. The van der Waals surface area contributed by atoms with E-state index in [9.17, 15) is 9.59 Å². The van der Waals surface area contributed by atoms with Crippen molar-refractivity contribution >= 4 is 5.91 Å². The van der Waals surface area contributed by atoms with Gasteiger partial charge in [-0.3, -0.25) is 9.36 Å². The van der Waals surface area contributed by atoms with Crippen LogP contribution in [-0.2, 0) is 16.1 Å². The number of morpholine rings is 1. The predicted octanol–water partition coefficient (Wildman–Crippen LogP) is -0.125. The molecule has 1 amide bonds. The Kier molecular flexibility index (Phi) is 4.01. The van der Waals surface area contributed by atoms with Crippen molar-refractivity contribution in [2.75, 3.05) is 19.7 Å². The van der Waals surface area contributed by atoms with E-state index >= 15 is 0 Å². The van der Waals surface area contributed by atoms with Crippen molar-refractivity contribution in [3.05, 3.63) is 46.7 Å². The van der Waals surface area contributed by atoms with Gasteiger partial charge in [0.1, 0.15) is 18.5 Å². The molecule has 0 unspecified atom stereocenters. The molecule has 1 saturated heterocycles. The molecule has 8 nitrogen and oxygen atoms in total. The van der Waals surface area contributed by atoms with E-state index in [0.29, 0.717) is 25.5 Å². The lowest BCUT2D eigenvalue weighted by molar-refractivity contribution is -0.140. The van der Waals surface area contributed by atoms with Crippen LogP contribution in [-0.4, -0.2) is 50.0 Å². The van der Waals surface area contributed by atoms with Crippen molar-refractivity contribution in [1.29, 1.82) is 0 Å². The molecule has 8 heteroatoms. The maximum Gasteiger partial charge on any atom is 0.347 e. The highest BCUT2D eigenvalue weighted by Crippen LogP contribution is 2.19. The Bertz CT molecular complexity index is 723. The highest BCUT2D eigenvalue weighted by molar-refractivity contribution is 5.76. The number of nitrogens with zero attached hydrogens (tertiary/aromatic N) is 4. The summed E-state index contributed by atoms with van der Waals surface area (Å²) in [6.07, 6.45) is 4.43. The number of carbonyl (C=O) groups is 1. The van der Waals surface area contributed by atoms with Crippen LogP contribution in [0.3, 0.4) is 0 Å². The molecular weight excluding hydrogens is 286 g/mol. The van der Waals surface area contributed by atoms with Crippen LogP contribution >= 0.6 is 0 Å². The third-order valence-electron chi connectivity index (χ3n) is 3.54. The maximum absolute atomic E-state index is 12.4. The normalized spacial score (nSPS) is 18.4. The van der Waals surface area contributed by atoms with Crippen molar-refractivity contribution in [3.8, 4) is 0 Å². The van der Waals surface area contributed by atoms with E-state index in [1.165, 1.54) is 10.8 Å². The molecule has 0 bridgehead atoms. The Hall–Kier alpha value is -2.48. The summed E-state index contributed by atoms with van der Waals surface area (Å²) in [5.74, 6) is 0.584. The largest absolute Gasteiger partial charge is 0.367 e. The number of rotatable bonds is 3. The van der Waals surface area contributed by atoms with E-state index in [4.69, 9.17) is 4.74 Å². The molecule has 1 N–H and O–H groups in total. The zero-order valence-corrected chi connectivity index (χ0v) is 12.2. The molecule has 2 aromatic rings. The van der Waals surface area contributed by atoms with Crippen LogP contribution in [0.15, 0.2) is 29.5 Å². The Balaban J connectivity index is 1.68. The fourth-order valence-electron chi connectivity index (χ4n) is 2.39. The number of amides is 1. The standard InChI is InChI=1S/C14H17N5O3/c1-10-7-16-13(17-10)11-8-18(5-6-22-11)12(20)9-19-4-2-3-15-14(19)21/h2-4,7,11H,5-6,8-9H2,1H3,(H,16,17)/t11-/m1/s1. The molecule has 1 aliphatic rings. The minimum Gasteiger partial charge on any atom is -0.367 e. The Morgan fingerprint density at radius 2 is 2.36 bits per heavy atom. The lowest BCUT2D eigenvalue weighted by Crippen LogP contribution is -2.44. The Labute approximate surface area is 126 Å². The van der Waals surface area contributed by atoms with E-state index in [1.807, 2.05) is 6.92 Å². The summed E-state index contributed by atoms with van der Waals surface area (Å²) in [4.78, 5) is 36.6. The van der Waals surface area contributed by atoms with Gasteiger partial charge in [0, 0.05) is 30.8 Å². The van der Waals surface area contributed by atoms with Crippen molar-refractivity contribution < 1.29 is 9.53 Å². The van der Waals surface area contributed by atoms with Crippen LogP contribution in [0.4, 0.5) is 0 Å². The van der Waals surface area contributed by atoms with Gasteiger partial charge in [-0.15, -0.1) is 0 Å². The zero-order chi connectivity index (χ0) is 15.5. The summed E-state index contributed by atoms with van der Waals surface area (Å²) in [5.41, 5.74) is 0.520. The average molecular weight is 303 g/mol. The number of aromatic amines is 1. The quantitative estimate of drug-likeness (QED) is 0.853. The SMILES string of the molecule is Cc1cnc([C@H]2CN(C(=O)Cn3cccnc3=O)CCO2)[nH]1. The van der Waals surface area contributed by atoms with Gasteiger partial charge in [-0.2, -0.15) is 0 Å². The van der Waals surface area contributed by atoms with Crippen molar-refractivity contribution in [3.63, 3.8) is 0 Å². The number of imidazole rings is 1. The van der Waals surface area contributed by atoms with Crippen molar-refractivity contribution in [2.45, 2.75) is 19.6 Å². The molecule has 0 aromatic carbocycles. The molecule has 0 saturated carbocycles. The maximum atomic E-state index is 12.4. The number of aromatic nitrogens is 4. The summed E-state index contributed by atoms with van der Waals surface area (Å²) >= 11 is 0. The number of hydrogen-bond donors (Lipinski definition) is 1. The minimum absolute atomic E-state index is 0.0173. The van der Waals surface area contributed by atoms with Gasteiger partial charge in [-0.25, -0.2) is 14.8 Å². The number of aryl methyl sites for hydroxylation is 1. The van der Waals surface area contributed by atoms with Crippen LogP contribution < -0.4 is 5.69 Å². The highest BCUT2D eigenvalue weighted by Gasteiger charge is 2.27. The van der Waals surface area contributed by atoms with Crippen LogP contribution in [0, 0.1) is 6.92 Å². The second-order valence-corrected chi connectivity index (χ2v) is 5.18. The number of carbonyl (C=O) groups excluding carboxylic acids is 1. The Morgan fingerprint density at radius 1 is 1.50 bits per heavy atom. The summed E-state index contributed by atoms with van der Waals surface area (Å²) < 4.78 is 6.96. The van der Waals surface area contributed by atoms with Gasteiger partial charge in [0.25, 0.3) is 0 Å². The van der Waals surface area contributed by atoms with E-state index in [0.717, 1.165) is 5.69 Å². The monoisotopic (exact) mass is 303 g/mol. The summed E-state index contributed by atoms with van der Waals surface area (Å²) in [6, 6.07) is 1.63. The molecule has 116 valence electrons. The molecular formula is C14H17N5O3. The lowest BCUT2D eigenvalue weighted by Gasteiger charge is -2.32. The second-order valence-electron chi connectivity index (χ2n) is 5.18. The van der Waals surface area contributed by atoms with Crippen LogP contribution in [0.1, 0.15) is 17.6 Å². The molecule has 3 heterocycles. The molecule has 1 fully saturated rings. The fraction of sp³-hybridized carbons (Fsp3) is 0.429. The first kappa shape index (κ1) is 14.5. The summed E-state index contributed by atoms with van der Waals surface area (Å²) in [6.45, 7) is 3.26. The highest BCUT2D eigenvalue weighted by atomic mass is 16.5. The molecule has 0 aliphatic carbocycles. The molecule has 3 rings (SSSR count). The van der Waals surface area contributed by atoms with E-state index in [2.05, 4.69) is 15.0 Å². The van der Waals surface area contributed by atoms with Gasteiger partial charge in [-0.1, -0.05) is 0 Å². The number of H-pyrrole nitrogens is 1. The molecule has 2 aromatic heterocycles. The third kappa shape index (κ3) is 3.06. The topological polar surface area (TPSA) is 93.1 Å². The van der Waals surface area contributed by atoms with Gasteiger partial charge >= 0.3 is 5.69 Å². The minimum atomic E-state index is -0.428. The van der Waals surface area contributed by atoms with Gasteiger partial charge < -0.3 is 14.6 Å². The van der Waals surface area contributed by atoms with Crippen LogP contribution in [0.25, 0.3) is 0 Å². The van der Waals surface area contributed by atoms with Gasteiger partial charge in [0.05, 0.1) is 13.2 Å². The number of ether oxygens (including phenoxy) is 1. The average Bonchev–Trinajstić information content (AvgIpc) is 2.96.